The molecule has 10 nitrogen and oxygen atoms in total. The summed E-state index contributed by atoms with van der Waals surface area (Å²) in [5.41, 5.74) is 6.73. The van der Waals surface area contributed by atoms with E-state index >= 15 is 0 Å². The Morgan fingerprint density at radius 1 is 1.23 bits per heavy atom. The van der Waals surface area contributed by atoms with Crippen LogP contribution in [0.4, 0.5) is 11.5 Å². The summed E-state index contributed by atoms with van der Waals surface area (Å²) in [6, 6.07) is 6.99. The summed E-state index contributed by atoms with van der Waals surface area (Å²) >= 11 is 0. The third-order valence-electron chi connectivity index (χ3n) is 3.58. The van der Waals surface area contributed by atoms with Gasteiger partial charge in [0.1, 0.15) is 11.3 Å². The second-order valence-corrected chi connectivity index (χ2v) is 5.19. The lowest BCUT2D eigenvalue weighted by atomic mass is 10.2. The van der Waals surface area contributed by atoms with Gasteiger partial charge in [-0.05, 0) is 19.1 Å². The molecule has 3 aromatic rings. The molecule has 0 fully saturated rings. The maximum atomic E-state index is 12.6. The van der Waals surface area contributed by atoms with Gasteiger partial charge in [0.15, 0.2) is 17.2 Å². The van der Waals surface area contributed by atoms with Crippen LogP contribution in [0.2, 0.25) is 0 Å². The van der Waals surface area contributed by atoms with E-state index in [9.17, 15) is 9.59 Å². The Bertz CT molecular complexity index is 983. The van der Waals surface area contributed by atoms with Crippen LogP contribution in [0.15, 0.2) is 30.5 Å². The van der Waals surface area contributed by atoms with Crippen molar-refractivity contribution in [1.82, 2.24) is 25.1 Å². The average molecular weight is 355 g/mol. The summed E-state index contributed by atoms with van der Waals surface area (Å²) < 4.78 is 6.67. The summed E-state index contributed by atoms with van der Waals surface area (Å²) in [6.07, 6.45) is 1.31. The maximum Gasteiger partial charge on any atom is 0.280 e. The molecule has 0 saturated heterocycles. The Balaban J connectivity index is 1.95. The number of carbonyl (C=O) groups is 2. The molecule has 3 rings (SSSR count). The molecule has 2 amide bonds. The lowest BCUT2D eigenvalue weighted by Crippen LogP contribution is -2.21. The number of nitrogens with one attached hydrogen (secondary N) is 2. The topological polar surface area (TPSA) is 137 Å². The van der Waals surface area contributed by atoms with Gasteiger partial charge in [0, 0.05) is 7.05 Å². The van der Waals surface area contributed by atoms with Gasteiger partial charge in [0.25, 0.3) is 11.8 Å². The van der Waals surface area contributed by atoms with Gasteiger partial charge in [-0.1, -0.05) is 12.1 Å². The molecule has 0 aliphatic carbocycles. The highest BCUT2D eigenvalue weighted by Crippen LogP contribution is 2.24. The normalized spacial score (nSPS) is 10.5. The molecule has 4 N–H and O–H groups in total. The van der Waals surface area contributed by atoms with E-state index in [0.717, 1.165) is 0 Å². The number of nitrogen functional groups attached to an aromatic ring is 1. The number of carbonyl (C=O) groups excluding carboxylic acids is 2. The fraction of sp³-hybridized carbons (Fsp3) is 0.188. The molecule has 0 aliphatic heterocycles. The summed E-state index contributed by atoms with van der Waals surface area (Å²) in [6.45, 7) is 2.30. The van der Waals surface area contributed by atoms with E-state index in [0.29, 0.717) is 18.0 Å². The van der Waals surface area contributed by atoms with Gasteiger partial charge in [-0.3, -0.25) is 9.59 Å². The Morgan fingerprint density at radius 2 is 2.00 bits per heavy atom. The lowest BCUT2D eigenvalue weighted by molar-refractivity contribution is 0.0963. The van der Waals surface area contributed by atoms with E-state index in [2.05, 4.69) is 25.9 Å². The molecular formula is C16H17N7O3. The number of fused-ring (bicyclic) bond motifs is 1. The van der Waals surface area contributed by atoms with Crippen LogP contribution in [0, 0.1) is 0 Å². The predicted octanol–water partition coefficient (Wildman–Crippen LogP) is 0.717. The number of nitrogens with zero attached hydrogens (tertiary/aromatic N) is 4. The minimum atomic E-state index is -0.568. The van der Waals surface area contributed by atoms with Crippen LogP contribution in [0.5, 0.6) is 5.75 Å². The zero-order chi connectivity index (χ0) is 18.7. The molecule has 0 bridgehead atoms. The summed E-state index contributed by atoms with van der Waals surface area (Å²) in [4.78, 5) is 24.4. The van der Waals surface area contributed by atoms with Gasteiger partial charge >= 0.3 is 0 Å². The highest BCUT2D eigenvalue weighted by Gasteiger charge is 2.21. The van der Waals surface area contributed by atoms with Crippen LogP contribution in [0.3, 0.4) is 0 Å². The quantitative estimate of drug-likeness (QED) is 0.613. The van der Waals surface area contributed by atoms with Gasteiger partial charge in [0.2, 0.25) is 0 Å². The highest BCUT2D eigenvalue weighted by molar-refractivity contribution is 6.07. The number of hydrogen-bond acceptors (Lipinski definition) is 7. The number of aromatic nitrogens is 4. The molecule has 0 saturated carbocycles. The number of para-hydroxylation sites is 2. The average Bonchev–Trinajstić information content (AvgIpc) is 3.08. The minimum absolute atomic E-state index is 0.0310. The third-order valence-corrected chi connectivity index (χ3v) is 3.58. The van der Waals surface area contributed by atoms with Gasteiger partial charge in [-0.15, -0.1) is 10.2 Å². The molecular weight excluding hydrogens is 338 g/mol. The Labute approximate surface area is 148 Å². The van der Waals surface area contributed by atoms with Crippen molar-refractivity contribution in [2.45, 2.75) is 6.92 Å². The van der Waals surface area contributed by atoms with E-state index in [-0.39, 0.29) is 28.6 Å². The molecule has 0 spiro atoms. The van der Waals surface area contributed by atoms with Crippen LogP contribution in [-0.2, 0) is 0 Å². The molecule has 1 aromatic carbocycles. The number of anilines is 2. The molecule has 0 radical (unpaired) electrons. The SMILES string of the molecule is CCOc1ccccc1NC(=O)c1nnc2c(C(=O)NC)cnn2c1N. The monoisotopic (exact) mass is 355 g/mol. The number of ether oxygens (including phenoxy) is 1. The predicted molar refractivity (Wildman–Crippen MR) is 94.1 cm³/mol. The zero-order valence-corrected chi connectivity index (χ0v) is 14.2. The van der Waals surface area contributed by atoms with Crippen molar-refractivity contribution in [3.05, 3.63) is 41.7 Å². The largest absolute Gasteiger partial charge is 0.492 e. The van der Waals surface area contributed by atoms with Gasteiger partial charge < -0.3 is 21.1 Å². The van der Waals surface area contributed by atoms with Crippen molar-refractivity contribution < 1.29 is 14.3 Å². The lowest BCUT2D eigenvalue weighted by Gasteiger charge is -2.11. The first-order valence-corrected chi connectivity index (χ1v) is 7.82. The first-order chi connectivity index (χ1) is 12.6. The molecule has 10 heteroatoms. The van der Waals surface area contributed by atoms with Crippen molar-refractivity contribution in [3.63, 3.8) is 0 Å². The smallest absolute Gasteiger partial charge is 0.280 e. The number of nitrogens with two attached hydrogens (primary N) is 1. The van der Waals surface area contributed by atoms with Crippen LogP contribution in [-0.4, -0.2) is 45.3 Å². The number of rotatable bonds is 5. The molecule has 2 heterocycles. The van der Waals surface area contributed by atoms with Crippen molar-refractivity contribution in [2.24, 2.45) is 0 Å². The minimum Gasteiger partial charge on any atom is -0.492 e. The summed E-state index contributed by atoms with van der Waals surface area (Å²) in [5.74, 6) is -0.453. The molecule has 134 valence electrons. The second-order valence-electron chi connectivity index (χ2n) is 5.19. The fourth-order valence-electron chi connectivity index (χ4n) is 2.35. The first-order valence-electron chi connectivity index (χ1n) is 7.82. The van der Waals surface area contributed by atoms with Crippen LogP contribution < -0.4 is 21.1 Å². The van der Waals surface area contributed by atoms with Crippen LogP contribution >= 0.6 is 0 Å². The molecule has 0 aliphatic rings. The molecule has 26 heavy (non-hydrogen) atoms. The first kappa shape index (κ1) is 17.1. The van der Waals surface area contributed by atoms with Crippen LogP contribution in [0.1, 0.15) is 27.8 Å². The van der Waals surface area contributed by atoms with Gasteiger partial charge in [-0.2, -0.15) is 9.61 Å². The number of hydrogen-bond donors (Lipinski definition) is 3. The highest BCUT2D eigenvalue weighted by atomic mass is 16.5. The summed E-state index contributed by atoms with van der Waals surface area (Å²) in [7, 11) is 1.49. The second kappa shape index (κ2) is 7.05. The number of amides is 2. The van der Waals surface area contributed by atoms with Crippen molar-refractivity contribution in [3.8, 4) is 5.75 Å². The van der Waals surface area contributed by atoms with Crippen molar-refractivity contribution in [1.29, 1.82) is 0 Å². The Kier molecular flexibility index (Phi) is 4.65. The van der Waals surface area contributed by atoms with Crippen molar-refractivity contribution in [2.75, 3.05) is 24.7 Å². The Morgan fingerprint density at radius 3 is 2.73 bits per heavy atom. The molecule has 2 aromatic heterocycles. The molecule has 0 unspecified atom stereocenters. The molecule has 0 atom stereocenters. The van der Waals surface area contributed by atoms with Crippen LogP contribution in [0.25, 0.3) is 5.65 Å². The Hall–Kier alpha value is -3.69. The zero-order valence-electron chi connectivity index (χ0n) is 14.2. The van der Waals surface area contributed by atoms with Gasteiger partial charge in [0.05, 0.1) is 18.5 Å². The summed E-state index contributed by atoms with van der Waals surface area (Å²) in [5, 5.41) is 16.9. The van der Waals surface area contributed by atoms with Crippen molar-refractivity contribution >= 4 is 29.0 Å². The van der Waals surface area contributed by atoms with E-state index < -0.39 is 5.91 Å². The van der Waals surface area contributed by atoms with E-state index in [1.54, 1.807) is 24.3 Å². The van der Waals surface area contributed by atoms with E-state index in [1.165, 1.54) is 17.8 Å². The standard InChI is InChI=1S/C16H17N7O3/c1-3-26-11-7-5-4-6-10(11)20-16(25)12-13(17)23-14(22-21-12)9(8-19-23)15(24)18-2/h4-8H,3,17H2,1-2H3,(H,18,24)(H,20,25). The van der Waals surface area contributed by atoms with E-state index in [4.69, 9.17) is 10.5 Å². The third kappa shape index (κ3) is 2.99. The van der Waals surface area contributed by atoms with E-state index in [1.807, 2.05) is 6.92 Å². The maximum absolute atomic E-state index is 12.6. The van der Waals surface area contributed by atoms with Gasteiger partial charge in [-0.25, -0.2) is 0 Å². The fourth-order valence-corrected chi connectivity index (χ4v) is 2.35. The number of benzene rings is 1.